The Morgan fingerprint density at radius 1 is 1.15 bits per heavy atom. The van der Waals surface area contributed by atoms with Crippen LogP contribution in [-0.2, 0) is 0 Å². The zero-order chi connectivity index (χ0) is 14.1. The van der Waals surface area contributed by atoms with E-state index in [4.69, 9.17) is 5.73 Å². The van der Waals surface area contributed by atoms with Gasteiger partial charge in [-0.05, 0) is 24.3 Å². The van der Waals surface area contributed by atoms with Gasteiger partial charge in [0.15, 0.2) is 0 Å². The molecule has 0 atom stereocenters. The summed E-state index contributed by atoms with van der Waals surface area (Å²) in [5.74, 6) is -0.346. The number of halogens is 2. The van der Waals surface area contributed by atoms with Crippen LogP contribution in [0.4, 0.5) is 10.1 Å². The number of nitrogens with zero attached hydrogens (tertiary/aromatic N) is 3. The van der Waals surface area contributed by atoms with E-state index in [9.17, 15) is 4.39 Å². The molecule has 3 aromatic rings. The van der Waals surface area contributed by atoms with Crippen LogP contribution < -0.4 is 5.73 Å². The van der Waals surface area contributed by atoms with Crippen molar-refractivity contribution < 1.29 is 4.39 Å². The van der Waals surface area contributed by atoms with E-state index in [0.717, 1.165) is 0 Å². The van der Waals surface area contributed by atoms with Crippen LogP contribution >= 0.6 is 15.9 Å². The van der Waals surface area contributed by atoms with Gasteiger partial charge in [-0.25, -0.2) is 9.37 Å². The lowest BCUT2D eigenvalue weighted by Crippen LogP contribution is -2.00. The average Bonchev–Trinajstić information content (AvgIpc) is 2.88. The molecular formula is C14H10BrFN4. The van der Waals surface area contributed by atoms with Crippen LogP contribution in [0.25, 0.3) is 16.9 Å². The lowest BCUT2D eigenvalue weighted by atomic mass is 10.2. The molecule has 3 rings (SSSR count). The Balaban J connectivity index is 2.18. The number of anilines is 1. The molecule has 6 heteroatoms. The molecule has 0 amide bonds. The van der Waals surface area contributed by atoms with E-state index in [2.05, 4.69) is 25.9 Å². The maximum atomic E-state index is 14.1. The van der Waals surface area contributed by atoms with Crippen molar-refractivity contribution in [3.63, 3.8) is 0 Å². The molecule has 2 heterocycles. The number of rotatable bonds is 2. The van der Waals surface area contributed by atoms with Gasteiger partial charge in [0, 0.05) is 28.1 Å². The topological polar surface area (TPSA) is 56.7 Å². The summed E-state index contributed by atoms with van der Waals surface area (Å²) in [5, 5.41) is 0. The quantitative estimate of drug-likeness (QED) is 0.782. The number of pyridine rings is 1. The second kappa shape index (κ2) is 5.05. The van der Waals surface area contributed by atoms with E-state index in [1.165, 1.54) is 6.07 Å². The van der Waals surface area contributed by atoms with Gasteiger partial charge in [0.2, 0.25) is 0 Å². The lowest BCUT2D eigenvalue weighted by Gasteiger charge is -2.10. The summed E-state index contributed by atoms with van der Waals surface area (Å²) in [6, 6.07) is 6.56. The molecule has 0 saturated carbocycles. The number of aromatic nitrogens is 3. The predicted octanol–water partition coefficient (Wildman–Crippen LogP) is 3.42. The Bertz CT molecular complexity index is 769. The molecule has 0 radical (unpaired) electrons. The van der Waals surface area contributed by atoms with E-state index in [0.29, 0.717) is 27.1 Å². The highest BCUT2D eigenvalue weighted by atomic mass is 79.9. The maximum absolute atomic E-state index is 14.1. The highest BCUT2D eigenvalue weighted by Gasteiger charge is 2.13. The third kappa shape index (κ3) is 2.18. The third-order valence-electron chi connectivity index (χ3n) is 2.94. The van der Waals surface area contributed by atoms with Gasteiger partial charge in [-0.2, -0.15) is 0 Å². The minimum absolute atomic E-state index is 0.346. The van der Waals surface area contributed by atoms with Crippen molar-refractivity contribution in [3.05, 3.63) is 59.5 Å². The summed E-state index contributed by atoms with van der Waals surface area (Å²) in [7, 11) is 0. The average molecular weight is 333 g/mol. The summed E-state index contributed by atoms with van der Waals surface area (Å²) in [5.41, 5.74) is 8.32. The highest BCUT2D eigenvalue weighted by Crippen LogP contribution is 2.28. The number of hydrogen-bond donors (Lipinski definition) is 1. The van der Waals surface area contributed by atoms with Crippen molar-refractivity contribution >= 4 is 21.6 Å². The van der Waals surface area contributed by atoms with E-state index >= 15 is 0 Å². The second-order valence-corrected chi connectivity index (χ2v) is 5.12. The molecule has 0 unspecified atom stereocenters. The van der Waals surface area contributed by atoms with Crippen LogP contribution in [0.15, 0.2) is 53.7 Å². The van der Waals surface area contributed by atoms with E-state index in [1.54, 1.807) is 47.7 Å². The third-order valence-corrected chi connectivity index (χ3v) is 3.43. The molecule has 2 aromatic heterocycles. The summed E-state index contributed by atoms with van der Waals surface area (Å²) in [4.78, 5) is 8.13. The van der Waals surface area contributed by atoms with Gasteiger partial charge in [0.1, 0.15) is 5.82 Å². The van der Waals surface area contributed by atoms with Gasteiger partial charge >= 0.3 is 0 Å². The standard InChI is InChI=1S/C14H10BrFN4/c15-9-1-2-13(11(16)5-9)20-8-19-7-14(20)10-6-18-4-3-12(10)17/h1-8H,(H2,17,18). The molecule has 0 aliphatic carbocycles. The van der Waals surface area contributed by atoms with Gasteiger partial charge in [0.25, 0.3) is 0 Å². The first-order valence-corrected chi connectivity index (χ1v) is 6.64. The number of nitrogen functional groups attached to an aromatic ring is 1. The lowest BCUT2D eigenvalue weighted by molar-refractivity contribution is 0.617. The van der Waals surface area contributed by atoms with Crippen LogP contribution in [0.2, 0.25) is 0 Å². The molecule has 100 valence electrons. The largest absolute Gasteiger partial charge is 0.398 e. The van der Waals surface area contributed by atoms with Crippen molar-refractivity contribution in [2.45, 2.75) is 0 Å². The Morgan fingerprint density at radius 3 is 2.75 bits per heavy atom. The highest BCUT2D eigenvalue weighted by molar-refractivity contribution is 9.10. The van der Waals surface area contributed by atoms with Gasteiger partial charge < -0.3 is 5.73 Å². The SMILES string of the molecule is Nc1ccncc1-c1cncn1-c1ccc(Br)cc1F. The molecule has 4 nitrogen and oxygen atoms in total. The first kappa shape index (κ1) is 12.8. The normalized spacial score (nSPS) is 10.7. The van der Waals surface area contributed by atoms with Crippen LogP contribution in [0, 0.1) is 5.82 Å². The van der Waals surface area contributed by atoms with Gasteiger partial charge in [-0.1, -0.05) is 15.9 Å². The monoisotopic (exact) mass is 332 g/mol. The Labute approximate surface area is 123 Å². The maximum Gasteiger partial charge on any atom is 0.148 e. The molecule has 0 aliphatic heterocycles. The predicted molar refractivity (Wildman–Crippen MR) is 78.9 cm³/mol. The fourth-order valence-corrected chi connectivity index (χ4v) is 2.32. The number of nitrogens with two attached hydrogens (primary N) is 1. The summed E-state index contributed by atoms with van der Waals surface area (Å²) < 4.78 is 16.4. The molecule has 0 fully saturated rings. The number of benzene rings is 1. The molecule has 0 bridgehead atoms. The zero-order valence-electron chi connectivity index (χ0n) is 10.3. The van der Waals surface area contributed by atoms with Crippen molar-refractivity contribution in [1.29, 1.82) is 0 Å². The minimum atomic E-state index is -0.346. The molecule has 0 spiro atoms. The number of hydrogen-bond acceptors (Lipinski definition) is 3. The molecule has 20 heavy (non-hydrogen) atoms. The second-order valence-electron chi connectivity index (χ2n) is 4.21. The molecule has 0 aliphatic rings. The van der Waals surface area contributed by atoms with Gasteiger partial charge in [0.05, 0.1) is 23.9 Å². The first-order chi connectivity index (χ1) is 9.66. The fraction of sp³-hybridized carbons (Fsp3) is 0. The van der Waals surface area contributed by atoms with Gasteiger partial charge in [-0.3, -0.25) is 9.55 Å². The summed E-state index contributed by atoms with van der Waals surface area (Å²) in [6.07, 6.45) is 6.43. The molecular weight excluding hydrogens is 323 g/mol. The van der Waals surface area contributed by atoms with Crippen LogP contribution in [0.3, 0.4) is 0 Å². The Hall–Kier alpha value is -2.21. The molecule has 1 aromatic carbocycles. The van der Waals surface area contributed by atoms with E-state index < -0.39 is 0 Å². The van der Waals surface area contributed by atoms with Crippen molar-refractivity contribution in [2.24, 2.45) is 0 Å². The first-order valence-electron chi connectivity index (χ1n) is 5.84. The van der Waals surface area contributed by atoms with E-state index in [1.807, 2.05) is 0 Å². The van der Waals surface area contributed by atoms with Crippen molar-refractivity contribution in [1.82, 2.24) is 14.5 Å². The zero-order valence-corrected chi connectivity index (χ0v) is 11.9. The smallest absolute Gasteiger partial charge is 0.148 e. The van der Waals surface area contributed by atoms with Crippen LogP contribution in [0.5, 0.6) is 0 Å². The van der Waals surface area contributed by atoms with Crippen molar-refractivity contribution in [3.8, 4) is 16.9 Å². The minimum Gasteiger partial charge on any atom is -0.398 e. The van der Waals surface area contributed by atoms with Crippen LogP contribution in [-0.4, -0.2) is 14.5 Å². The van der Waals surface area contributed by atoms with Crippen molar-refractivity contribution in [2.75, 3.05) is 5.73 Å². The van der Waals surface area contributed by atoms with Crippen LogP contribution in [0.1, 0.15) is 0 Å². The molecule has 0 saturated heterocycles. The fourth-order valence-electron chi connectivity index (χ4n) is 1.98. The summed E-state index contributed by atoms with van der Waals surface area (Å²) in [6.45, 7) is 0. The molecule has 2 N–H and O–H groups in total. The number of imidazole rings is 1. The summed E-state index contributed by atoms with van der Waals surface area (Å²) >= 11 is 3.24. The van der Waals surface area contributed by atoms with Gasteiger partial charge in [-0.15, -0.1) is 0 Å². The Morgan fingerprint density at radius 2 is 2.00 bits per heavy atom. The Kier molecular flexibility index (Phi) is 3.23. The van der Waals surface area contributed by atoms with E-state index in [-0.39, 0.29) is 5.82 Å².